The van der Waals surface area contributed by atoms with Gasteiger partial charge in [-0.1, -0.05) is 0 Å². The Kier molecular flexibility index (Phi) is 3.75. The number of nitrogen functional groups attached to an aromatic ring is 1. The molecule has 0 spiro atoms. The van der Waals surface area contributed by atoms with Gasteiger partial charge in [-0.05, 0) is 51.1 Å². The summed E-state index contributed by atoms with van der Waals surface area (Å²) in [5.74, 6) is -0.374. The monoisotopic (exact) mass is 327 g/mol. The molecular weight excluding hydrogens is 309 g/mol. The van der Waals surface area contributed by atoms with Gasteiger partial charge in [0.15, 0.2) is 0 Å². The van der Waals surface area contributed by atoms with Crippen molar-refractivity contribution in [2.24, 2.45) is 0 Å². The molecule has 1 aromatic carbocycles. The molecule has 2 heterocycles. The maximum atomic E-state index is 13.6. The second kappa shape index (κ2) is 5.63. The Labute approximate surface area is 138 Å². The normalized spacial score (nSPS) is 11.7. The van der Waals surface area contributed by atoms with Crippen LogP contribution in [0.2, 0.25) is 0 Å². The standard InChI is InChI=1S/C18H18FN3O2/c1-18(2,3)24-17(23)22-15-5-4-13(19)6-11(15)8-16(22)12-7-14(20)10-21-9-12/h4-10H,20H2,1-3H3. The molecule has 3 rings (SSSR count). The van der Waals surface area contributed by atoms with Gasteiger partial charge in [-0.3, -0.25) is 4.98 Å². The van der Waals surface area contributed by atoms with Crippen LogP contribution in [0.15, 0.2) is 42.7 Å². The molecule has 0 amide bonds. The molecule has 6 heteroatoms. The van der Waals surface area contributed by atoms with E-state index in [0.717, 1.165) is 0 Å². The van der Waals surface area contributed by atoms with Gasteiger partial charge in [0.05, 0.1) is 16.9 Å². The third-order valence-corrected chi connectivity index (χ3v) is 3.39. The van der Waals surface area contributed by atoms with E-state index in [2.05, 4.69) is 4.98 Å². The topological polar surface area (TPSA) is 70.1 Å². The highest BCUT2D eigenvalue weighted by Crippen LogP contribution is 2.30. The van der Waals surface area contributed by atoms with Gasteiger partial charge in [0.1, 0.15) is 11.4 Å². The number of pyridine rings is 1. The summed E-state index contributed by atoms with van der Waals surface area (Å²) in [7, 11) is 0. The van der Waals surface area contributed by atoms with Crippen molar-refractivity contribution in [1.29, 1.82) is 0 Å². The zero-order valence-corrected chi connectivity index (χ0v) is 13.7. The van der Waals surface area contributed by atoms with Gasteiger partial charge in [-0.25, -0.2) is 13.8 Å². The van der Waals surface area contributed by atoms with Crippen molar-refractivity contribution in [2.75, 3.05) is 5.73 Å². The van der Waals surface area contributed by atoms with E-state index in [9.17, 15) is 9.18 Å². The Morgan fingerprint density at radius 2 is 1.96 bits per heavy atom. The van der Waals surface area contributed by atoms with E-state index >= 15 is 0 Å². The number of nitrogens with zero attached hydrogens (tertiary/aromatic N) is 2. The van der Waals surface area contributed by atoms with E-state index in [1.807, 2.05) is 0 Å². The molecule has 2 N–H and O–H groups in total. The second-order valence-electron chi connectivity index (χ2n) is 6.56. The van der Waals surface area contributed by atoms with E-state index < -0.39 is 11.7 Å². The van der Waals surface area contributed by atoms with Crippen LogP contribution >= 0.6 is 0 Å². The number of carbonyl (C=O) groups is 1. The maximum absolute atomic E-state index is 13.6. The van der Waals surface area contributed by atoms with Crippen LogP contribution in [-0.4, -0.2) is 21.2 Å². The van der Waals surface area contributed by atoms with Crippen LogP contribution in [0.3, 0.4) is 0 Å². The minimum absolute atomic E-state index is 0.374. The van der Waals surface area contributed by atoms with Gasteiger partial charge in [0, 0.05) is 23.3 Å². The molecule has 3 aromatic rings. The summed E-state index contributed by atoms with van der Waals surface area (Å²) in [6.07, 6.45) is 2.58. The molecule has 5 nitrogen and oxygen atoms in total. The molecule has 124 valence electrons. The lowest BCUT2D eigenvalue weighted by molar-refractivity contribution is 0.0547. The van der Waals surface area contributed by atoms with Crippen LogP contribution < -0.4 is 5.73 Å². The van der Waals surface area contributed by atoms with Crippen LogP contribution in [0.1, 0.15) is 20.8 Å². The van der Waals surface area contributed by atoms with E-state index in [4.69, 9.17) is 10.5 Å². The van der Waals surface area contributed by atoms with Crippen molar-refractivity contribution in [3.8, 4) is 11.3 Å². The van der Waals surface area contributed by atoms with Crippen LogP contribution in [0.25, 0.3) is 22.2 Å². The van der Waals surface area contributed by atoms with Crippen molar-refractivity contribution in [3.63, 3.8) is 0 Å². The van der Waals surface area contributed by atoms with Crippen molar-refractivity contribution in [1.82, 2.24) is 9.55 Å². The van der Waals surface area contributed by atoms with E-state index in [-0.39, 0.29) is 5.82 Å². The molecule has 0 atom stereocenters. The molecule has 24 heavy (non-hydrogen) atoms. The van der Waals surface area contributed by atoms with Crippen molar-refractivity contribution < 1.29 is 13.9 Å². The first-order valence-electron chi connectivity index (χ1n) is 7.50. The molecule has 0 fully saturated rings. The predicted molar refractivity (Wildman–Crippen MR) is 91.2 cm³/mol. The molecular formula is C18H18FN3O2. The lowest BCUT2D eigenvalue weighted by Gasteiger charge is -2.21. The first-order valence-corrected chi connectivity index (χ1v) is 7.50. The minimum Gasteiger partial charge on any atom is -0.443 e. The fraction of sp³-hybridized carbons (Fsp3) is 0.222. The van der Waals surface area contributed by atoms with Gasteiger partial charge in [0.2, 0.25) is 0 Å². The molecule has 0 saturated carbocycles. The van der Waals surface area contributed by atoms with Gasteiger partial charge in [-0.2, -0.15) is 0 Å². The molecule has 0 aliphatic rings. The lowest BCUT2D eigenvalue weighted by Crippen LogP contribution is -2.27. The number of benzene rings is 1. The van der Waals surface area contributed by atoms with Crippen molar-refractivity contribution in [3.05, 3.63) is 48.5 Å². The molecule has 0 unspecified atom stereocenters. The van der Waals surface area contributed by atoms with Gasteiger partial charge in [0.25, 0.3) is 0 Å². The number of aromatic nitrogens is 2. The first-order chi connectivity index (χ1) is 11.2. The van der Waals surface area contributed by atoms with Crippen LogP contribution in [-0.2, 0) is 4.74 Å². The number of fused-ring (bicyclic) bond motifs is 1. The fourth-order valence-electron chi connectivity index (χ4n) is 2.50. The maximum Gasteiger partial charge on any atom is 0.419 e. The molecule has 2 aromatic heterocycles. The van der Waals surface area contributed by atoms with Crippen LogP contribution in [0.4, 0.5) is 14.9 Å². The summed E-state index contributed by atoms with van der Waals surface area (Å²) < 4.78 is 20.5. The summed E-state index contributed by atoms with van der Waals surface area (Å²) in [6, 6.07) is 7.67. The third-order valence-electron chi connectivity index (χ3n) is 3.39. The summed E-state index contributed by atoms with van der Waals surface area (Å²) >= 11 is 0. The van der Waals surface area contributed by atoms with E-state index in [0.29, 0.717) is 27.8 Å². The van der Waals surface area contributed by atoms with E-state index in [1.165, 1.54) is 22.9 Å². The zero-order chi connectivity index (χ0) is 17.5. The Balaban J connectivity index is 2.24. The highest BCUT2D eigenvalue weighted by atomic mass is 19.1. The second-order valence-corrected chi connectivity index (χ2v) is 6.56. The number of hydrogen-bond acceptors (Lipinski definition) is 4. The largest absolute Gasteiger partial charge is 0.443 e. The Hall–Kier alpha value is -2.89. The molecule has 0 bridgehead atoms. The highest BCUT2D eigenvalue weighted by Gasteiger charge is 2.23. The number of halogens is 1. The number of carbonyl (C=O) groups excluding carboxylic acids is 1. The number of anilines is 1. The average molecular weight is 327 g/mol. The quantitative estimate of drug-likeness (QED) is 0.727. The van der Waals surface area contributed by atoms with Crippen molar-refractivity contribution in [2.45, 2.75) is 26.4 Å². The van der Waals surface area contributed by atoms with Gasteiger partial charge < -0.3 is 10.5 Å². The fourth-order valence-corrected chi connectivity index (χ4v) is 2.50. The predicted octanol–water partition coefficient (Wildman–Crippen LogP) is 4.21. The minimum atomic E-state index is -0.654. The van der Waals surface area contributed by atoms with Crippen molar-refractivity contribution >= 4 is 22.7 Å². The Morgan fingerprint density at radius 3 is 2.62 bits per heavy atom. The Bertz CT molecular complexity index is 926. The Morgan fingerprint density at radius 1 is 1.21 bits per heavy atom. The summed E-state index contributed by atoms with van der Waals surface area (Å²) in [4.78, 5) is 16.8. The van der Waals surface area contributed by atoms with Crippen LogP contribution in [0.5, 0.6) is 0 Å². The molecule has 0 aliphatic heterocycles. The molecule has 0 radical (unpaired) electrons. The van der Waals surface area contributed by atoms with E-state index in [1.54, 1.807) is 45.2 Å². The van der Waals surface area contributed by atoms with Gasteiger partial charge >= 0.3 is 6.09 Å². The SMILES string of the molecule is CC(C)(C)OC(=O)n1c(-c2cncc(N)c2)cc2cc(F)ccc21. The lowest BCUT2D eigenvalue weighted by atomic mass is 10.2. The number of hydrogen-bond donors (Lipinski definition) is 1. The molecule has 0 aliphatic carbocycles. The number of nitrogens with two attached hydrogens (primary N) is 1. The van der Waals surface area contributed by atoms with Crippen LogP contribution in [0, 0.1) is 5.82 Å². The molecule has 0 saturated heterocycles. The van der Waals surface area contributed by atoms with Gasteiger partial charge in [-0.15, -0.1) is 0 Å². The number of rotatable bonds is 1. The smallest absolute Gasteiger partial charge is 0.419 e. The highest BCUT2D eigenvalue weighted by molar-refractivity contribution is 5.96. The zero-order valence-electron chi connectivity index (χ0n) is 13.7. The average Bonchev–Trinajstić information content (AvgIpc) is 2.84. The first kappa shape index (κ1) is 16.0. The summed E-state index contributed by atoms with van der Waals surface area (Å²) in [5, 5.41) is 0.596. The number of ether oxygens (including phenoxy) is 1. The summed E-state index contributed by atoms with van der Waals surface area (Å²) in [6.45, 7) is 5.37. The summed E-state index contributed by atoms with van der Waals surface area (Å²) in [5.41, 5.74) is 7.37. The third kappa shape index (κ3) is 3.08.